The Hall–Kier alpha value is -2.70. The van der Waals surface area contributed by atoms with Gasteiger partial charge in [0, 0.05) is 6.42 Å². The van der Waals surface area contributed by atoms with E-state index in [0.717, 1.165) is 89.9 Å². The summed E-state index contributed by atoms with van der Waals surface area (Å²) in [5.41, 5.74) is 0. The molecule has 0 aliphatic heterocycles. The van der Waals surface area contributed by atoms with Gasteiger partial charge in [-0.15, -0.1) is 0 Å². The zero-order valence-electron chi connectivity index (χ0n) is 44.3. The van der Waals surface area contributed by atoms with Crippen molar-refractivity contribution in [2.45, 2.75) is 296 Å². The van der Waals surface area contributed by atoms with Crippen LogP contribution in [0.4, 0.5) is 0 Å². The summed E-state index contributed by atoms with van der Waals surface area (Å²) >= 11 is 0. The molecule has 0 saturated heterocycles. The summed E-state index contributed by atoms with van der Waals surface area (Å²) in [7, 11) is 0. The normalized spacial score (nSPS) is 13.7. The van der Waals surface area contributed by atoms with Crippen molar-refractivity contribution in [2.75, 3.05) is 6.61 Å². The second-order valence-corrected chi connectivity index (χ2v) is 19.3. The zero-order valence-corrected chi connectivity index (χ0v) is 44.3. The Morgan fingerprint density at radius 1 is 0.448 bits per heavy atom. The van der Waals surface area contributed by atoms with Gasteiger partial charge in [-0.05, 0) is 89.9 Å². The first kappa shape index (κ1) is 64.3. The van der Waals surface area contributed by atoms with E-state index in [1.54, 1.807) is 0 Å². The molecule has 67 heavy (non-hydrogen) atoms. The predicted octanol–water partition coefficient (Wildman–Crippen LogP) is 17.7. The Kier molecular flexibility index (Phi) is 52.1. The van der Waals surface area contributed by atoms with E-state index in [4.69, 9.17) is 4.74 Å². The Balaban J connectivity index is 4.67. The molecule has 0 fully saturated rings. The van der Waals surface area contributed by atoms with Crippen molar-refractivity contribution in [3.63, 3.8) is 0 Å². The van der Waals surface area contributed by atoms with Crippen molar-refractivity contribution in [2.24, 2.45) is 0 Å². The number of hydrogen-bond donors (Lipinski definition) is 3. The van der Waals surface area contributed by atoms with Gasteiger partial charge in [-0.1, -0.05) is 248 Å². The minimum absolute atomic E-state index is 0.0337. The van der Waals surface area contributed by atoms with Gasteiger partial charge in [0.2, 0.25) is 5.91 Å². The van der Waals surface area contributed by atoms with Crippen molar-refractivity contribution in [1.82, 2.24) is 5.32 Å². The van der Waals surface area contributed by atoms with E-state index < -0.39 is 18.2 Å². The molecule has 0 heterocycles. The smallest absolute Gasteiger partial charge is 0.306 e. The van der Waals surface area contributed by atoms with Crippen LogP contribution in [-0.4, -0.2) is 46.9 Å². The van der Waals surface area contributed by atoms with E-state index >= 15 is 0 Å². The molecule has 6 nitrogen and oxygen atoms in total. The highest BCUT2D eigenvalue weighted by Gasteiger charge is 2.24. The van der Waals surface area contributed by atoms with Crippen LogP contribution in [0.2, 0.25) is 0 Å². The molecule has 0 bridgehead atoms. The van der Waals surface area contributed by atoms with Crippen molar-refractivity contribution >= 4 is 11.9 Å². The number of carbonyl (C=O) groups excluding carboxylic acids is 2. The SMILES string of the molecule is CC/C=C\C/C=C\C/C=C\C/C=C\C/C=C\CCCC(CC(=O)NC(CO)C(O)CCCCCCCCCCCCCCC)OC(=O)CCCCCCC/C=C/CCCCCCCCCCC. The third-order valence-corrected chi connectivity index (χ3v) is 12.8. The van der Waals surface area contributed by atoms with Crippen LogP contribution >= 0.6 is 0 Å². The minimum Gasteiger partial charge on any atom is -0.462 e. The van der Waals surface area contributed by atoms with E-state index in [1.165, 1.54) is 141 Å². The highest BCUT2D eigenvalue weighted by molar-refractivity contribution is 5.77. The predicted molar refractivity (Wildman–Crippen MR) is 291 cm³/mol. The van der Waals surface area contributed by atoms with Crippen LogP contribution in [-0.2, 0) is 14.3 Å². The molecule has 0 saturated carbocycles. The molecule has 6 heteroatoms. The molecule has 0 rings (SSSR count). The number of allylic oxidation sites excluding steroid dienone is 12. The maximum Gasteiger partial charge on any atom is 0.306 e. The van der Waals surface area contributed by atoms with Crippen LogP contribution in [0.25, 0.3) is 0 Å². The van der Waals surface area contributed by atoms with E-state index in [9.17, 15) is 19.8 Å². The average molecular weight is 937 g/mol. The molecule has 0 spiro atoms. The summed E-state index contributed by atoms with van der Waals surface area (Å²) in [6.45, 7) is 6.37. The monoisotopic (exact) mass is 936 g/mol. The van der Waals surface area contributed by atoms with Crippen LogP contribution in [0.3, 0.4) is 0 Å². The standard InChI is InChI=1S/C61H109NO5/c1-4-7-10-13-16-19-22-25-27-29-31-33-36-39-42-45-48-51-54-61(66)67-57(52-49-46-43-40-37-35-32-30-28-26-23-20-17-14-11-8-5-2)55-60(65)62-58(56-63)59(64)53-50-47-44-41-38-34-24-21-18-15-12-9-6-3/h8,11,17,20,26,28,31-33,35,40,43,57-59,63-64H,4-7,9-10,12-16,18-19,21-25,27,29-30,34,36-39,41-42,44-56H2,1-3H3,(H,62,65)/b11-8-,20-17-,28-26-,33-31+,35-32-,43-40-. The van der Waals surface area contributed by atoms with E-state index in [2.05, 4.69) is 99.0 Å². The first-order valence-corrected chi connectivity index (χ1v) is 28.7. The topological polar surface area (TPSA) is 95.9 Å². The quantitative estimate of drug-likeness (QED) is 0.0321. The average Bonchev–Trinajstić information content (AvgIpc) is 3.32. The minimum atomic E-state index is -0.807. The van der Waals surface area contributed by atoms with E-state index in [0.29, 0.717) is 19.3 Å². The lowest BCUT2D eigenvalue weighted by atomic mass is 10.0. The molecule has 3 atom stereocenters. The number of aliphatic hydroxyl groups is 2. The number of rotatable bonds is 51. The zero-order chi connectivity index (χ0) is 48.8. The first-order chi connectivity index (χ1) is 33.0. The number of esters is 1. The van der Waals surface area contributed by atoms with Gasteiger partial charge in [-0.3, -0.25) is 9.59 Å². The lowest BCUT2D eigenvalue weighted by Gasteiger charge is -2.24. The number of ether oxygens (including phenoxy) is 1. The summed E-state index contributed by atoms with van der Waals surface area (Å²) in [4.78, 5) is 26.3. The lowest BCUT2D eigenvalue weighted by Crippen LogP contribution is -2.46. The van der Waals surface area contributed by atoms with Gasteiger partial charge in [0.25, 0.3) is 0 Å². The van der Waals surface area contributed by atoms with Crippen molar-refractivity contribution in [3.8, 4) is 0 Å². The molecular formula is C61H109NO5. The molecule has 0 aromatic heterocycles. The Morgan fingerprint density at radius 2 is 0.821 bits per heavy atom. The maximum absolute atomic E-state index is 13.3. The molecule has 1 amide bonds. The summed E-state index contributed by atoms with van der Waals surface area (Å²) in [6.07, 6.45) is 69.7. The van der Waals surface area contributed by atoms with Crippen LogP contribution in [0.5, 0.6) is 0 Å². The van der Waals surface area contributed by atoms with E-state index in [1.807, 2.05) is 0 Å². The third kappa shape index (κ3) is 49.5. The second kappa shape index (κ2) is 54.2. The summed E-state index contributed by atoms with van der Waals surface area (Å²) in [5.74, 6) is -0.536. The highest BCUT2D eigenvalue weighted by Crippen LogP contribution is 2.17. The van der Waals surface area contributed by atoms with Gasteiger partial charge >= 0.3 is 5.97 Å². The molecule has 0 radical (unpaired) electrons. The number of nitrogens with one attached hydrogen (secondary N) is 1. The van der Waals surface area contributed by atoms with Gasteiger partial charge in [0.15, 0.2) is 0 Å². The Bertz CT molecular complexity index is 1230. The summed E-state index contributed by atoms with van der Waals surface area (Å²) < 4.78 is 5.93. The molecule has 0 aromatic carbocycles. The van der Waals surface area contributed by atoms with Crippen LogP contribution < -0.4 is 5.32 Å². The number of unbranched alkanes of at least 4 members (excludes halogenated alkanes) is 27. The van der Waals surface area contributed by atoms with Crippen LogP contribution in [0.1, 0.15) is 278 Å². The van der Waals surface area contributed by atoms with Gasteiger partial charge < -0.3 is 20.3 Å². The molecule has 0 aliphatic rings. The fourth-order valence-corrected chi connectivity index (χ4v) is 8.46. The number of hydrogen-bond acceptors (Lipinski definition) is 5. The molecule has 0 aliphatic carbocycles. The fourth-order valence-electron chi connectivity index (χ4n) is 8.46. The lowest BCUT2D eigenvalue weighted by molar-refractivity contribution is -0.151. The molecular weight excluding hydrogens is 827 g/mol. The Labute approximate surface area is 415 Å². The number of carbonyl (C=O) groups is 2. The van der Waals surface area contributed by atoms with E-state index in [-0.39, 0.29) is 24.9 Å². The fraction of sp³-hybridized carbons (Fsp3) is 0.770. The van der Waals surface area contributed by atoms with Gasteiger partial charge in [-0.25, -0.2) is 0 Å². The van der Waals surface area contributed by atoms with Crippen molar-refractivity contribution in [1.29, 1.82) is 0 Å². The van der Waals surface area contributed by atoms with Crippen molar-refractivity contribution < 1.29 is 24.5 Å². The highest BCUT2D eigenvalue weighted by atomic mass is 16.5. The molecule has 3 unspecified atom stereocenters. The maximum atomic E-state index is 13.3. The van der Waals surface area contributed by atoms with Gasteiger partial charge in [0.1, 0.15) is 6.10 Å². The Morgan fingerprint density at radius 3 is 1.27 bits per heavy atom. The largest absolute Gasteiger partial charge is 0.462 e. The molecule has 3 N–H and O–H groups in total. The summed E-state index contributed by atoms with van der Waals surface area (Å²) in [5, 5.41) is 23.8. The first-order valence-electron chi connectivity index (χ1n) is 28.7. The third-order valence-electron chi connectivity index (χ3n) is 12.8. The molecule has 388 valence electrons. The van der Waals surface area contributed by atoms with Crippen LogP contribution in [0, 0.1) is 0 Å². The summed E-state index contributed by atoms with van der Waals surface area (Å²) in [6, 6.07) is -0.724. The van der Waals surface area contributed by atoms with Gasteiger partial charge in [-0.2, -0.15) is 0 Å². The van der Waals surface area contributed by atoms with Gasteiger partial charge in [0.05, 0.1) is 25.2 Å². The number of aliphatic hydroxyl groups excluding tert-OH is 2. The molecule has 0 aromatic rings. The van der Waals surface area contributed by atoms with Crippen LogP contribution in [0.15, 0.2) is 72.9 Å². The number of amides is 1. The van der Waals surface area contributed by atoms with Crippen molar-refractivity contribution in [3.05, 3.63) is 72.9 Å². The second-order valence-electron chi connectivity index (χ2n) is 19.3.